The van der Waals surface area contributed by atoms with E-state index in [1.54, 1.807) is 6.20 Å². The van der Waals surface area contributed by atoms with Gasteiger partial charge in [-0.25, -0.2) is 14.8 Å². The third kappa shape index (κ3) is 1.74. The average molecular weight is 249 g/mol. The first-order chi connectivity index (χ1) is 8.16. The van der Waals surface area contributed by atoms with Gasteiger partial charge in [0.25, 0.3) is 0 Å². The van der Waals surface area contributed by atoms with Gasteiger partial charge in [0.15, 0.2) is 10.8 Å². The standard InChI is InChI=1S/C11H11N3O2S/c1-14-5-4-12-9(14)10-13-7(6-2-3-6)8(17-10)11(15)16/h4-6H,2-3H2,1H3,(H,15,16). The Labute approximate surface area is 102 Å². The molecule has 0 aromatic carbocycles. The second-order valence-electron chi connectivity index (χ2n) is 4.17. The van der Waals surface area contributed by atoms with Crippen LogP contribution in [-0.2, 0) is 7.05 Å². The number of hydrogen-bond acceptors (Lipinski definition) is 4. The third-order valence-corrected chi connectivity index (χ3v) is 3.88. The van der Waals surface area contributed by atoms with Crippen LogP contribution in [0.1, 0.15) is 34.1 Å². The van der Waals surface area contributed by atoms with Gasteiger partial charge >= 0.3 is 5.97 Å². The molecular weight excluding hydrogens is 238 g/mol. The summed E-state index contributed by atoms with van der Waals surface area (Å²) < 4.78 is 1.85. The maximum atomic E-state index is 11.2. The second kappa shape index (κ2) is 3.66. The molecule has 0 atom stereocenters. The number of thiazole rings is 1. The zero-order chi connectivity index (χ0) is 12.0. The van der Waals surface area contributed by atoms with Crippen molar-refractivity contribution in [3.8, 4) is 10.8 Å². The van der Waals surface area contributed by atoms with Gasteiger partial charge in [-0.15, -0.1) is 11.3 Å². The van der Waals surface area contributed by atoms with E-state index in [1.807, 2.05) is 17.8 Å². The van der Waals surface area contributed by atoms with Crippen molar-refractivity contribution >= 4 is 17.3 Å². The molecule has 1 aliphatic carbocycles. The number of aromatic carboxylic acids is 1. The fraction of sp³-hybridized carbons (Fsp3) is 0.364. The highest BCUT2D eigenvalue weighted by molar-refractivity contribution is 7.16. The van der Waals surface area contributed by atoms with Crippen molar-refractivity contribution < 1.29 is 9.90 Å². The molecule has 0 amide bonds. The zero-order valence-corrected chi connectivity index (χ0v) is 10.1. The van der Waals surface area contributed by atoms with Gasteiger partial charge < -0.3 is 9.67 Å². The molecule has 1 aliphatic rings. The summed E-state index contributed by atoms with van der Waals surface area (Å²) in [5, 5.41) is 9.86. The summed E-state index contributed by atoms with van der Waals surface area (Å²) in [5.74, 6) is 0.181. The smallest absolute Gasteiger partial charge is 0.347 e. The molecular formula is C11H11N3O2S. The first-order valence-corrected chi connectivity index (χ1v) is 6.20. The summed E-state index contributed by atoms with van der Waals surface area (Å²) >= 11 is 1.21. The predicted molar refractivity (Wildman–Crippen MR) is 63.3 cm³/mol. The van der Waals surface area contributed by atoms with Crippen LogP contribution in [0.3, 0.4) is 0 Å². The molecule has 88 valence electrons. The highest BCUT2D eigenvalue weighted by atomic mass is 32.1. The predicted octanol–water partition coefficient (Wildman–Crippen LogP) is 2.12. The Balaban J connectivity index is 2.10. The number of aryl methyl sites for hydroxylation is 1. The van der Waals surface area contributed by atoms with Gasteiger partial charge in [-0.1, -0.05) is 0 Å². The van der Waals surface area contributed by atoms with Gasteiger partial charge in [-0.3, -0.25) is 0 Å². The Kier molecular flexibility index (Phi) is 2.25. The molecule has 1 N–H and O–H groups in total. The second-order valence-corrected chi connectivity index (χ2v) is 5.17. The van der Waals surface area contributed by atoms with Crippen LogP contribution in [0.4, 0.5) is 0 Å². The number of carboxylic acid groups (broad SMARTS) is 1. The number of carbonyl (C=O) groups is 1. The highest BCUT2D eigenvalue weighted by Crippen LogP contribution is 2.43. The van der Waals surface area contributed by atoms with Crippen LogP contribution < -0.4 is 0 Å². The van der Waals surface area contributed by atoms with Crippen molar-refractivity contribution in [1.82, 2.24) is 14.5 Å². The maximum absolute atomic E-state index is 11.2. The summed E-state index contributed by atoms with van der Waals surface area (Å²) in [5.41, 5.74) is 0.737. The summed E-state index contributed by atoms with van der Waals surface area (Å²) in [6.45, 7) is 0. The summed E-state index contributed by atoms with van der Waals surface area (Å²) in [4.78, 5) is 20.2. The van der Waals surface area contributed by atoms with Crippen molar-refractivity contribution in [3.05, 3.63) is 23.0 Å². The van der Waals surface area contributed by atoms with Crippen LogP contribution in [0.15, 0.2) is 12.4 Å². The van der Waals surface area contributed by atoms with Gasteiger partial charge in [-0.05, 0) is 12.8 Å². The van der Waals surface area contributed by atoms with Crippen LogP contribution in [0.5, 0.6) is 0 Å². The molecule has 0 aliphatic heterocycles. The topological polar surface area (TPSA) is 68.0 Å². The fourth-order valence-electron chi connectivity index (χ4n) is 1.79. The van der Waals surface area contributed by atoms with Crippen LogP contribution in [0.25, 0.3) is 10.8 Å². The number of carboxylic acids is 1. The van der Waals surface area contributed by atoms with E-state index in [9.17, 15) is 4.79 Å². The van der Waals surface area contributed by atoms with Crippen LogP contribution in [0.2, 0.25) is 0 Å². The Bertz CT molecular complexity index is 583. The molecule has 0 saturated heterocycles. The molecule has 3 rings (SSSR count). The van der Waals surface area contributed by atoms with E-state index < -0.39 is 5.97 Å². The van der Waals surface area contributed by atoms with Crippen molar-refractivity contribution in [2.75, 3.05) is 0 Å². The Hall–Kier alpha value is -1.69. The molecule has 1 saturated carbocycles. The lowest BCUT2D eigenvalue weighted by molar-refractivity contribution is 0.0700. The van der Waals surface area contributed by atoms with E-state index in [-0.39, 0.29) is 0 Å². The van der Waals surface area contributed by atoms with Crippen molar-refractivity contribution in [1.29, 1.82) is 0 Å². The van der Waals surface area contributed by atoms with Crippen LogP contribution in [-0.4, -0.2) is 25.6 Å². The lowest BCUT2D eigenvalue weighted by Crippen LogP contribution is -1.97. The normalized spacial score (nSPS) is 15.1. The van der Waals surface area contributed by atoms with Gasteiger partial charge in [0, 0.05) is 25.4 Å². The average Bonchev–Trinajstić information content (AvgIpc) is 2.88. The Morgan fingerprint density at radius 3 is 2.88 bits per heavy atom. The molecule has 2 heterocycles. The molecule has 6 heteroatoms. The van der Waals surface area contributed by atoms with E-state index in [2.05, 4.69) is 9.97 Å². The minimum absolute atomic E-state index is 0.339. The summed E-state index contributed by atoms with van der Waals surface area (Å²) in [6, 6.07) is 0. The molecule has 0 bridgehead atoms. The quantitative estimate of drug-likeness (QED) is 0.904. The van der Waals surface area contributed by atoms with E-state index in [4.69, 9.17) is 5.11 Å². The van der Waals surface area contributed by atoms with Gasteiger partial charge in [0.2, 0.25) is 0 Å². The van der Waals surface area contributed by atoms with Crippen LogP contribution in [0, 0.1) is 0 Å². The highest BCUT2D eigenvalue weighted by Gasteiger charge is 2.32. The van der Waals surface area contributed by atoms with Crippen LogP contribution >= 0.6 is 11.3 Å². The van der Waals surface area contributed by atoms with Gasteiger partial charge in [0.05, 0.1) is 5.69 Å². The fourth-order valence-corrected chi connectivity index (χ4v) is 2.82. The first kappa shape index (κ1) is 10.5. The SMILES string of the molecule is Cn1ccnc1-c1nc(C2CC2)c(C(=O)O)s1. The Morgan fingerprint density at radius 1 is 1.59 bits per heavy atom. The minimum atomic E-state index is -0.884. The number of nitrogens with zero attached hydrogens (tertiary/aromatic N) is 3. The Morgan fingerprint density at radius 2 is 2.35 bits per heavy atom. The van der Waals surface area contributed by atoms with Gasteiger partial charge in [0.1, 0.15) is 4.88 Å². The van der Waals surface area contributed by atoms with E-state index in [0.29, 0.717) is 15.8 Å². The zero-order valence-electron chi connectivity index (χ0n) is 9.25. The molecule has 1 fully saturated rings. The number of aromatic nitrogens is 3. The summed E-state index contributed by atoms with van der Waals surface area (Å²) in [6.07, 6.45) is 5.61. The lowest BCUT2D eigenvalue weighted by Gasteiger charge is -1.95. The molecule has 0 spiro atoms. The monoisotopic (exact) mass is 249 g/mol. The van der Waals surface area contributed by atoms with E-state index >= 15 is 0 Å². The van der Waals surface area contributed by atoms with Crippen molar-refractivity contribution in [2.45, 2.75) is 18.8 Å². The number of imidazole rings is 1. The first-order valence-electron chi connectivity index (χ1n) is 5.38. The molecule has 17 heavy (non-hydrogen) atoms. The summed E-state index contributed by atoms with van der Waals surface area (Å²) in [7, 11) is 1.88. The molecule has 0 unspecified atom stereocenters. The third-order valence-electron chi connectivity index (χ3n) is 2.82. The molecule has 5 nitrogen and oxygen atoms in total. The van der Waals surface area contributed by atoms with E-state index in [1.165, 1.54) is 11.3 Å². The van der Waals surface area contributed by atoms with Gasteiger partial charge in [-0.2, -0.15) is 0 Å². The lowest BCUT2D eigenvalue weighted by atomic mass is 10.2. The molecule has 2 aromatic rings. The van der Waals surface area contributed by atoms with E-state index in [0.717, 1.165) is 24.4 Å². The molecule has 2 aromatic heterocycles. The minimum Gasteiger partial charge on any atom is -0.477 e. The molecule has 0 radical (unpaired) electrons. The number of rotatable bonds is 3. The van der Waals surface area contributed by atoms with Crippen molar-refractivity contribution in [2.24, 2.45) is 7.05 Å². The number of hydrogen-bond donors (Lipinski definition) is 1. The maximum Gasteiger partial charge on any atom is 0.347 e. The van der Waals surface area contributed by atoms with Crippen molar-refractivity contribution in [3.63, 3.8) is 0 Å². The largest absolute Gasteiger partial charge is 0.477 e.